The average molecular weight is 391 g/mol. The smallest absolute Gasteiger partial charge is 0.285 e. The number of rotatable bonds is 1. The minimum absolute atomic E-state index is 0.0527. The third kappa shape index (κ3) is 3.04. The molecule has 0 bridgehead atoms. The van der Waals surface area contributed by atoms with Gasteiger partial charge in [-0.15, -0.1) is 4.40 Å². The molecule has 1 amide bonds. The van der Waals surface area contributed by atoms with Gasteiger partial charge in [0, 0.05) is 31.2 Å². The normalized spacial score (nSPS) is 28.8. The van der Waals surface area contributed by atoms with Crippen LogP contribution in [-0.2, 0) is 14.8 Å². The molecular weight excluding hydrogens is 364 g/mol. The van der Waals surface area contributed by atoms with E-state index in [0.717, 1.165) is 12.8 Å². The molecule has 2 N–H and O–H groups in total. The molecule has 27 heavy (non-hydrogen) atoms. The number of fused-ring (bicyclic) bond motifs is 1. The van der Waals surface area contributed by atoms with E-state index in [-0.39, 0.29) is 28.3 Å². The van der Waals surface area contributed by atoms with E-state index in [1.165, 1.54) is 0 Å². The fraction of sp³-hybridized carbons (Fsp3) is 0.579. The van der Waals surface area contributed by atoms with Gasteiger partial charge in [0.25, 0.3) is 10.0 Å². The maximum atomic E-state index is 13.3. The van der Waals surface area contributed by atoms with Crippen LogP contribution in [0.15, 0.2) is 33.6 Å². The number of amidine groups is 1. The van der Waals surface area contributed by atoms with Crippen molar-refractivity contribution in [1.29, 1.82) is 0 Å². The molecule has 3 heterocycles. The van der Waals surface area contributed by atoms with Crippen LogP contribution in [0.2, 0.25) is 0 Å². The SMILES string of the molecule is CC1(C)CN(C(=O)C2CCCN2C2=NS(=O)(=O)c3ccccc32)CCC1N. The molecule has 2 saturated heterocycles. The number of hydrogen-bond donors (Lipinski definition) is 1. The molecule has 3 aliphatic rings. The van der Waals surface area contributed by atoms with Crippen molar-refractivity contribution in [2.75, 3.05) is 19.6 Å². The second-order valence-electron chi connectivity index (χ2n) is 8.38. The van der Waals surface area contributed by atoms with E-state index in [1.807, 2.05) is 9.80 Å². The van der Waals surface area contributed by atoms with Crippen LogP contribution < -0.4 is 5.73 Å². The Hall–Kier alpha value is -1.93. The summed E-state index contributed by atoms with van der Waals surface area (Å²) in [6, 6.07) is 6.55. The highest BCUT2D eigenvalue weighted by Gasteiger charge is 2.43. The summed E-state index contributed by atoms with van der Waals surface area (Å²) >= 11 is 0. The number of nitrogens with two attached hydrogens (primary N) is 1. The summed E-state index contributed by atoms with van der Waals surface area (Å²) in [6.07, 6.45) is 2.33. The third-order valence-corrected chi connectivity index (χ3v) is 7.37. The van der Waals surface area contributed by atoms with Crippen molar-refractivity contribution in [1.82, 2.24) is 9.80 Å². The average Bonchev–Trinajstić information content (AvgIpc) is 3.20. The minimum Gasteiger partial charge on any atom is -0.343 e. The number of piperidine rings is 1. The van der Waals surface area contributed by atoms with Crippen LogP contribution in [0.5, 0.6) is 0 Å². The molecule has 0 aromatic heterocycles. The van der Waals surface area contributed by atoms with Gasteiger partial charge in [0.15, 0.2) is 5.84 Å². The molecule has 8 heteroatoms. The number of amides is 1. The molecule has 4 rings (SSSR count). The molecule has 7 nitrogen and oxygen atoms in total. The fourth-order valence-corrected chi connectivity index (χ4v) is 5.56. The van der Waals surface area contributed by atoms with Gasteiger partial charge in [0.2, 0.25) is 5.91 Å². The van der Waals surface area contributed by atoms with Crippen molar-refractivity contribution in [3.8, 4) is 0 Å². The van der Waals surface area contributed by atoms with Crippen LogP contribution in [0.1, 0.15) is 38.7 Å². The molecule has 0 saturated carbocycles. The first-order valence-corrected chi connectivity index (χ1v) is 10.9. The Balaban J connectivity index is 1.62. The predicted molar refractivity (Wildman–Crippen MR) is 103 cm³/mol. The summed E-state index contributed by atoms with van der Waals surface area (Å²) in [6.45, 7) is 6.09. The first-order chi connectivity index (χ1) is 12.7. The van der Waals surface area contributed by atoms with Gasteiger partial charge in [-0.1, -0.05) is 26.0 Å². The highest BCUT2D eigenvalue weighted by atomic mass is 32.2. The van der Waals surface area contributed by atoms with E-state index in [0.29, 0.717) is 37.5 Å². The monoisotopic (exact) mass is 390 g/mol. The minimum atomic E-state index is -3.69. The van der Waals surface area contributed by atoms with Crippen LogP contribution in [0, 0.1) is 5.41 Å². The van der Waals surface area contributed by atoms with Crippen molar-refractivity contribution in [3.63, 3.8) is 0 Å². The molecule has 1 aromatic rings. The van der Waals surface area contributed by atoms with Crippen molar-refractivity contribution < 1.29 is 13.2 Å². The molecule has 3 aliphatic heterocycles. The van der Waals surface area contributed by atoms with E-state index in [2.05, 4.69) is 18.2 Å². The lowest BCUT2D eigenvalue weighted by Crippen LogP contribution is -2.57. The number of likely N-dealkylation sites (tertiary alicyclic amines) is 2. The molecular formula is C19H26N4O3S. The Morgan fingerprint density at radius 1 is 1.22 bits per heavy atom. The molecule has 0 radical (unpaired) electrons. The van der Waals surface area contributed by atoms with Crippen molar-refractivity contribution in [2.45, 2.75) is 50.1 Å². The van der Waals surface area contributed by atoms with Crippen LogP contribution in [0.25, 0.3) is 0 Å². The number of hydrogen-bond acceptors (Lipinski definition) is 5. The van der Waals surface area contributed by atoms with Crippen molar-refractivity contribution in [2.24, 2.45) is 15.5 Å². The predicted octanol–water partition coefficient (Wildman–Crippen LogP) is 1.19. The Kier molecular flexibility index (Phi) is 4.31. The van der Waals surface area contributed by atoms with Gasteiger partial charge in [0.05, 0.1) is 0 Å². The third-order valence-electron chi connectivity index (χ3n) is 6.05. The van der Waals surface area contributed by atoms with Gasteiger partial charge in [-0.3, -0.25) is 4.79 Å². The molecule has 1 aromatic carbocycles. The summed E-state index contributed by atoms with van der Waals surface area (Å²) in [7, 11) is -3.69. The highest BCUT2D eigenvalue weighted by molar-refractivity contribution is 7.90. The van der Waals surface area contributed by atoms with Crippen LogP contribution >= 0.6 is 0 Å². The Morgan fingerprint density at radius 2 is 1.96 bits per heavy atom. The summed E-state index contributed by atoms with van der Waals surface area (Å²) in [5.41, 5.74) is 6.67. The van der Waals surface area contributed by atoms with Gasteiger partial charge in [-0.25, -0.2) is 0 Å². The largest absolute Gasteiger partial charge is 0.343 e. The molecule has 2 fully saturated rings. The maximum Gasteiger partial charge on any atom is 0.285 e. The standard InChI is InChI=1S/C19H26N4O3S/c1-19(2)12-22(11-9-16(19)20)18(24)14-7-5-10-23(14)17-13-6-3-4-8-15(13)27(25,26)21-17/h3-4,6,8,14,16H,5,7,9-12,20H2,1-2H3. The van der Waals surface area contributed by atoms with E-state index in [9.17, 15) is 13.2 Å². The zero-order valence-corrected chi connectivity index (χ0v) is 16.6. The maximum absolute atomic E-state index is 13.3. The summed E-state index contributed by atoms with van der Waals surface area (Å²) < 4.78 is 28.8. The van der Waals surface area contributed by atoms with Crippen molar-refractivity contribution in [3.05, 3.63) is 29.8 Å². The quantitative estimate of drug-likeness (QED) is 0.777. The summed E-state index contributed by atoms with van der Waals surface area (Å²) in [4.78, 5) is 17.3. The zero-order valence-electron chi connectivity index (χ0n) is 15.8. The Labute approximate surface area is 160 Å². The lowest BCUT2D eigenvalue weighted by Gasteiger charge is -2.44. The summed E-state index contributed by atoms with van der Waals surface area (Å²) in [5.74, 6) is 0.464. The van der Waals surface area contributed by atoms with Crippen LogP contribution in [-0.4, -0.2) is 61.7 Å². The Morgan fingerprint density at radius 3 is 2.70 bits per heavy atom. The number of benzene rings is 1. The van der Waals surface area contributed by atoms with Gasteiger partial charge in [0.1, 0.15) is 10.9 Å². The Bertz CT molecular complexity index is 909. The van der Waals surface area contributed by atoms with Gasteiger partial charge in [-0.2, -0.15) is 8.42 Å². The highest BCUT2D eigenvalue weighted by Crippen LogP contribution is 2.33. The second kappa shape index (κ2) is 6.31. The number of nitrogens with zero attached hydrogens (tertiary/aromatic N) is 3. The first kappa shape index (κ1) is 18.4. The van der Waals surface area contributed by atoms with E-state index < -0.39 is 10.0 Å². The van der Waals surface area contributed by atoms with Crippen molar-refractivity contribution >= 4 is 21.8 Å². The van der Waals surface area contributed by atoms with E-state index in [1.54, 1.807) is 24.3 Å². The molecule has 146 valence electrons. The van der Waals surface area contributed by atoms with Crippen LogP contribution in [0.3, 0.4) is 0 Å². The molecule has 0 spiro atoms. The second-order valence-corrected chi connectivity index (χ2v) is 9.95. The first-order valence-electron chi connectivity index (χ1n) is 9.46. The lowest BCUT2D eigenvalue weighted by atomic mass is 9.79. The topological polar surface area (TPSA) is 96.1 Å². The van der Waals surface area contributed by atoms with Gasteiger partial charge < -0.3 is 15.5 Å². The number of sulfonamides is 1. The van der Waals surface area contributed by atoms with E-state index in [4.69, 9.17) is 5.73 Å². The number of carbonyl (C=O) groups is 1. The zero-order chi connectivity index (χ0) is 19.4. The van der Waals surface area contributed by atoms with E-state index >= 15 is 0 Å². The van der Waals surface area contributed by atoms with Gasteiger partial charge >= 0.3 is 0 Å². The lowest BCUT2D eigenvalue weighted by molar-refractivity contribution is -0.138. The fourth-order valence-electron chi connectivity index (χ4n) is 4.35. The molecule has 2 atom stereocenters. The van der Waals surface area contributed by atoms with Crippen LogP contribution in [0.4, 0.5) is 0 Å². The summed E-state index contributed by atoms with van der Waals surface area (Å²) in [5, 5.41) is 0. The number of carbonyl (C=O) groups excluding carboxylic acids is 1. The molecule has 2 unspecified atom stereocenters. The molecule has 0 aliphatic carbocycles. The van der Waals surface area contributed by atoms with Gasteiger partial charge in [-0.05, 0) is 36.8 Å².